The number of aromatic nitrogens is 2. The molecule has 0 fully saturated rings. The van der Waals surface area contributed by atoms with Crippen molar-refractivity contribution < 1.29 is 5.11 Å². The molecule has 2 aromatic rings. The molecule has 0 bridgehead atoms. The maximum Gasteiger partial charge on any atom is 0.112 e. The Bertz CT molecular complexity index is 485. The Labute approximate surface area is 108 Å². The number of hydrogen-bond acceptors (Lipinski definition) is 2. The summed E-state index contributed by atoms with van der Waals surface area (Å²) in [5, 5.41) is 11.1. The van der Waals surface area contributed by atoms with E-state index < -0.39 is 5.60 Å². The zero-order valence-corrected chi connectivity index (χ0v) is 11.2. The first kappa shape index (κ1) is 12.8. The van der Waals surface area contributed by atoms with E-state index in [9.17, 15) is 5.11 Å². The van der Waals surface area contributed by atoms with Gasteiger partial charge in [-0.15, -0.1) is 0 Å². The lowest BCUT2D eigenvalue weighted by Gasteiger charge is -2.41. The molecular formula is C15H20N2O. The Balaban J connectivity index is 2.42. The van der Waals surface area contributed by atoms with Crippen LogP contribution in [0, 0.1) is 5.41 Å². The molecule has 0 aliphatic heterocycles. The highest BCUT2D eigenvalue weighted by Crippen LogP contribution is 2.40. The lowest BCUT2D eigenvalue weighted by atomic mass is 9.72. The highest BCUT2D eigenvalue weighted by Gasteiger charge is 2.41. The fraction of sp³-hybridized carbons (Fsp3) is 0.400. The van der Waals surface area contributed by atoms with E-state index in [0.717, 1.165) is 5.56 Å². The van der Waals surface area contributed by atoms with Crippen LogP contribution >= 0.6 is 0 Å². The summed E-state index contributed by atoms with van der Waals surface area (Å²) in [4.78, 5) is 4.03. The summed E-state index contributed by atoms with van der Waals surface area (Å²) in [5.74, 6) is 0. The zero-order valence-electron chi connectivity index (χ0n) is 11.2. The molecule has 1 atom stereocenters. The Morgan fingerprint density at radius 3 is 2.33 bits per heavy atom. The third kappa shape index (κ3) is 2.31. The lowest BCUT2D eigenvalue weighted by molar-refractivity contribution is -0.0781. The molecule has 0 saturated carbocycles. The highest BCUT2D eigenvalue weighted by atomic mass is 16.3. The number of aliphatic hydroxyl groups is 1. The fourth-order valence-electron chi connectivity index (χ4n) is 2.12. The van der Waals surface area contributed by atoms with Crippen molar-refractivity contribution in [1.29, 1.82) is 0 Å². The van der Waals surface area contributed by atoms with Crippen molar-refractivity contribution in [1.82, 2.24) is 9.55 Å². The second kappa shape index (κ2) is 4.58. The number of hydrogen-bond donors (Lipinski definition) is 1. The highest BCUT2D eigenvalue weighted by molar-refractivity contribution is 5.24. The Morgan fingerprint density at radius 1 is 1.17 bits per heavy atom. The first-order valence-electron chi connectivity index (χ1n) is 6.17. The first-order chi connectivity index (χ1) is 8.43. The van der Waals surface area contributed by atoms with Crippen LogP contribution in [0.3, 0.4) is 0 Å². The first-order valence-corrected chi connectivity index (χ1v) is 6.17. The SMILES string of the molecule is CC(C)(C)C(O)(Cn1ccnc1)c1ccccc1. The second-order valence-corrected chi connectivity index (χ2v) is 5.71. The van der Waals surface area contributed by atoms with Crippen LogP contribution in [0.4, 0.5) is 0 Å². The molecule has 1 N–H and O–H groups in total. The van der Waals surface area contributed by atoms with Crippen molar-refractivity contribution in [3.05, 3.63) is 54.6 Å². The van der Waals surface area contributed by atoms with Gasteiger partial charge >= 0.3 is 0 Å². The zero-order chi connectivity index (χ0) is 13.2. The maximum atomic E-state index is 11.1. The van der Waals surface area contributed by atoms with E-state index in [4.69, 9.17) is 0 Å². The average Bonchev–Trinajstić information content (AvgIpc) is 2.81. The minimum atomic E-state index is -0.922. The van der Waals surface area contributed by atoms with Crippen LogP contribution in [0.15, 0.2) is 49.1 Å². The van der Waals surface area contributed by atoms with Crippen molar-refractivity contribution in [2.45, 2.75) is 32.9 Å². The van der Waals surface area contributed by atoms with E-state index in [-0.39, 0.29) is 5.41 Å². The molecule has 18 heavy (non-hydrogen) atoms. The van der Waals surface area contributed by atoms with Gasteiger partial charge in [0.1, 0.15) is 5.60 Å². The van der Waals surface area contributed by atoms with Crippen LogP contribution in [0.2, 0.25) is 0 Å². The quantitative estimate of drug-likeness (QED) is 0.901. The molecule has 0 aliphatic rings. The summed E-state index contributed by atoms with van der Waals surface area (Å²) in [5.41, 5.74) is -0.251. The Kier molecular flexibility index (Phi) is 3.26. The number of benzene rings is 1. The van der Waals surface area contributed by atoms with Crippen LogP contribution in [-0.2, 0) is 12.1 Å². The molecule has 96 valence electrons. The summed E-state index contributed by atoms with van der Waals surface area (Å²) in [6, 6.07) is 9.83. The van der Waals surface area contributed by atoms with Gasteiger partial charge in [0.25, 0.3) is 0 Å². The molecule has 1 aromatic heterocycles. The van der Waals surface area contributed by atoms with Gasteiger partial charge in [-0.25, -0.2) is 4.98 Å². The molecule has 1 aromatic carbocycles. The van der Waals surface area contributed by atoms with Gasteiger partial charge in [0.2, 0.25) is 0 Å². The molecule has 1 unspecified atom stereocenters. The predicted octanol–water partition coefficient (Wildman–Crippen LogP) is 2.82. The van der Waals surface area contributed by atoms with Crippen LogP contribution in [-0.4, -0.2) is 14.7 Å². The van der Waals surface area contributed by atoms with Crippen molar-refractivity contribution in [3.63, 3.8) is 0 Å². The van der Waals surface area contributed by atoms with Crippen molar-refractivity contribution in [2.24, 2.45) is 5.41 Å². The maximum absolute atomic E-state index is 11.1. The third-order valence-electron chi connectivity index (χ3n) is 3.46. The molecule has 0 aliphatic carbocycles. The van der Waals surface area contributed by atoms with Crippen molar-refractivity contribution >= 4 is 0 Å². The van der Waals surface area contributed by atoms with E-state index in [2.05, 4.69) is 25.8 Å². The largest absolute Gasteiger partial charge is 0.383 e. The summed E-state index contributed by atoms with van der Waals surface area (Å²) in [6.45, 7) is 6.66. The van der Waals surface area contributed by atoms with Crippen molar-refractivity contribution in [3.8, 4) is 0 Å². The predicted molar refractivity (Wildman–Crippen MR) is 72.0 cm³/mol. The molecule has 0 saturated heterocycles. The van der Waals surface area contributed by atoms with Crippen LogP contribution < -0.4 is 0 Å². The standard InChI is InChI=1S/C15H20N2O/c1-14(2,3)15(18,11-17-10-9-16-12-17)13-7-5-4-6-8-13/h4-10,12,18H,11H2,1-3H3. The molecule has 1 heterocycles. The van der Waals surface area contributed by atoms with Gasteiger partial charge in [-0.1, -0.05) is 51.1 Å². The van der Waals surface area contributed by atoms with Crippen LogP contribution in [0.5, 0.6) is 0 Å². The second-order valence-electron chi connectivity index (χ2n) is 5.71. The number of rotatable bonds is 3. The van der Waals surface area contributed by atoms with Crippen molar-refractivity contribution in [2.75, 3.05) is 0 Å². The van der Waals surface area contributed by atoms with Gasteiger partial charge in [0, 0.05) is 12.4 Å². The summed E-state index contributed by atoms with van der Waals surface area (Å²) >= 11 is 0. The molecule has 0 spiro atoms. The Hall–Kier alpha value is -1.61. The van der Waals surface area contributed by atoms with E-state index in [1.54, 1.807) is 12.5 Å². The minimum absolute atomic E-state index is 0.265. The molecule has 0 amide bonds. The topological polar surface area (TPSA) is 38.0 Å². The fourth-order valence-corrected chi connectivity index (χ4v) is 2.12. The molecule has 3 heteroatoms. The van der Waals surface area contributed by atoms with Gasteiger partial charge in [0.15, 0.2) is 0 Å². The van der Waals surface area contributed by atoms with Crippen LogP contribution in [0.1, 0.15) is 26.3 Å². The van der Waals surface area contributed by atoms with Gasteiger partial charge in [-0.2, -0.15) is 0 Å². The smallest absolute Gasteiger partial charge is 0.112 e. The van der Waals surface area contributed by atoms with Gasteiger partial charge < -0.3 is 9.67 Å². The van der Waals surface area contributed by atoms with E-state index in [1.807, 2.05) is 41.1 Å². The summed E-state index contributed by atoms with van der Waals surface area (Å²) in [7, 11) is 0. The van der Waals surface area contributed by atoms with E-state index in [0.29, 0.717) is 6.54 Å². The molecule has 2 rings (SSSR count). The monoisotopic (exact) mass is 244 g/mol. The number of imidazole rings is 1. The van der Waals surface area contributed by atoms with Gasteiger partial charge in [0.05, 0.1) is 12.9 Å². The normalized spacial score (nSPS) is 15.3. The lowest BCUT2D eigenvalue weighted by Crippen LogP contribution is -2.43. The number of nitrogens with zero attached hydrogens (tertiary/aromatic N) is 2. The van der Waals surface area contributed by atoms with E-state index >= 15 is 0 Å². The van der Waals surface area contributed by atoms with E-state index in [1.165, 1.54) is 0 Å². The third-order valence-corrected chi connectivity index (χ3v) is 3.46. The molecule has 3 nitrogen and oxygen atoms in total. The summed E-state index contributed by atoms with van der Waals surface area (Å²) in [6.07, 6.45) is 5.34. The Morgan fingerprint density at radius 2 is 1.83 bits per heavy atom. The van der Waals surface area contributed by atoms with Gasteiger partial charge in [-0.05, 0) is 11.0 Å². The summed E-state index contributed by atoms with van der Waals surface area (Å²) < 4.78 is 1.91. The minimum Gasteiger partial charge on any atom is -0.383 e. The van der Waals surface area contributed by atoms with Crippen LogP contribution in [0.25, 0.3) is 0 Å². The molecule has 0 radical (unpaired) electrons. The van der Waals surface area contributed by atoms with Gasteiger partial charge in [-0.3, -0.25) is 0 Å². The average molecular weight is 244 g/mol. The molecular weight excluding hydrogens is 224 g/mol.